The maximum absolute atomic E-state index is 10.8. The molecule has 0 aliphatic carbocycles. The lowest BCUT2D eigenvalue weighted by molar-refractivity contribution is -0.385. The van der Waals surface area contributed by atoms with E-state index in [0.717, 1.165) is 23.9 Å². The predicted molar refractivity (Wildman–Crippen MR) is 78.9 cm³/mol. The topological polar surface area (TPSA) is 138 Å². The largest absolute Gasteiger partial charge is 0.507 e. The number of aliphatic hydroxyl groups excluding tert-OH is 2. The number of aromatic hydroxyl groups is 1. The van der Waals surface area contributed by atoms with Crippen LogP contribution in [0, 0.1) is 10.1 Å². The minimum atomic E-state index is -1.62. The molecule has 2 atom stereocenters. The third-order valence-corrected chi connectivity index (χ3v) is 3.74. The van der Waals surface area contributed by atoms with Crippen molar-refractivity contribution in [2.75, 3.05) is 5.75 Å². The Kier molecular flexibility index (Phi) is 6.47. The molecular weight excluding hydrogens is 314 g/mol. The molecule has 1 aromatic carbocycles. The van der Waals surface area contributed by atoms with Crippen LogP contribution in [-0.4, -0.2) is 43.5 Å². The van der Waals surface area contributed by atoms with E-state index in [9.17, 15) is 35.0 Å². The molecule has 0 saturated heterocycles. The summed E-state index contributed by atoms with van der Waals surface area (Å²) in [4.78, 5) is 31.6. The van der Waals surface area contributed by atoms with E-state index in [0.29, 0.717) is 0 Å². The van der Waals surface area contributed by atoms with E-state index < -0.39 is 28.6 Å². The van der Waals surface area contributed by atoms with Crippen LogP contribution < -0.4 is 0 Å². The Balaban J connectivity index is 3.02. The minimum Gasteiger partial charge on any atom is -0.507 e. The number of thioether (sulfide) groups is 1. The van der Waals surface area contributed by atoms with E-state index in [1.54, 1.807) is 0 Å². The van der Waals surface area contributed by atoms with E-state index in [1.807, 2.05) is 0 Å². The van der Waals surface area contributed by atoms with Gasteiger partial charge >= 0.3 is 0 Å². The van der Waals surface area contributed by atoms with Crippen molar-refractivity contribution in [2.24, 2.45) is 0 Å². The highest BCUT2D eigenvalue weighted by molar-refractivity contribution is 8.13. The van der Waals surface area contributed by atoms with Crippen molar-refractivity contribution in [3.05, 3.63) is 33.4 Å². The van der Waals surface area contributed by atoms with Crippen LogP contribution >= 0.6 is 11.8 Å². The number of phenols is 1. The molecule has 0 heterocycles. The van der Waals surface area contributed by atoms with Gasteiger partial charge in [-0.25, -0.2) is 0 Å². The monoisotopic (exact) mass is 329 g/mol. The van der Waals surface area contributed by atoms with Gasteiger partial charge < -0.3 is 15.3 Å². The number of nitro groups is 1. The maximum atomic E-state index is 10.8. The average Bonchev–Trinajstić information content (AvgIpc) is 2.45. The predicted octanol–water partition coefficient (Wildman–Crippen LogP) is 1.18. The molecule has 0 amide bonds. The summed E-state index contributed by atoms with van der Waals surface area (Å²) in [5.41, 5.74) is -1.15. The first-order chi connectivity index (χ1) is 10.3. The lowest BCUT2D eigenvalue weighted by Gasteiger charge is -2.19. The van der Waals surface area contributed by atoms with Gasteiger partial charge in [-0.2, -0.15) is 0 Å². The number of benzene rings is 1. The van der Waals surface area contributed by atoms with E-state index in [2.05, 4.69) is 0 Å². The molecule has 0 bridgehead atoms. The van der Waals surface area contributed by atoms with E-state index in [1.165, 1.54) is 6.92 Å². The molecule has 0 aliphatic rings. The van der Waals surface area contributed by atoms with Gasteiger partial charge in [0.05, 0.1) is 16.6 Å². The molecule has 1 rings (SSSR count). The summed E-state index contributed by atoms with van der Waals surface area (Å²) in [6.45, 7) is 1.36. The quantitative estimate of drug-likeness (QED) is 0.385. The number of aldehydes is 1. The SMILES string of the molecule is CC(=O)SCCC(O)C(O)c1cc([N+](=O)[O-])cc(C=O)c1O. The van der Waals surface area contributed by atoms with Crippen molar-refractivity contribution in [1.29, 1.82) is 0 Å². The van der Waals surface area contributed by atoms with Crippen LogP contribution in [-0.2, 0) is 4.79 Å². The number of non-ortho nitro benzene ring substituents is 1. The third kappa shape index (κ3) is 4.52. The smallest absolute Gasteiger partial charge is 0.270 e. The number of nitro benzene ring substituents is 1. The van der Waals surface area contributed by atoms with Gasteiger partial charge in [0.25, 0.3) is 5.69 Å². The second kappa shape index (κ2) is 7.87. The van der Waals surface area contributed by atoms with Gasteiger partial charge in [-0.1, -0.05) is 11.8 Å². The van der Waals surface area contributed by atoms with Crippen LogP contribution in [0.2, 0.25) is 0 Å². The van der Waals surface area contributed by atoms with Crippen molar-refractivity contribution in [1.82, 2.24) is 0 Å². The van der Waals surface area contributed by atoms with E-state index >= 15 is 0 Å². The summed E-state index contributed by atoms with van der Waals surface area (Å²) in [5.74, 6) is -0.379. The first-order valence-corrected chi connectivity index (χ1v) is 7.22. The second-order valence-corrected chi connectivity index (χ2v) is 5.76. The molecule has 9 heteroatoms. The molecule has 0 fully saturated rings. The number of phenolic OH excluding ortho intramolecular Hbond substituents is 1. The zero-order valence-corrected chi connectivity index (χ0v) is 12.4. The van der Waals surface area contributed by atoms with Crippen LogP contribution in [0.3, 0.4) is 0 Å². The fourth-order valence-electron chi connectivity index (χ4n) is 1.77. The van der Waals surface area contributed by atoms with E-state index in [4.69, 9.17) is 0 Å². The zero-order valence-electron chi connectivity index (χ0n) is 11.6. The Morgan fingerprint density at radius 3 is 2.59 bits per heavy atom. The van der Waals surface area contributed by atoms with Crippen molar-refractivity contribution in [2.45, 2.75) is 25.6 Å². The summed E-state index contributed by atoms with van der Waals surface area (Å²) < 4.78 is 0. The van der Waals surface area contributed by atoms with Crippen molar-refractivity contribution < 1.29 is 29.8 Å². The van der Waals surface area contributed by atoms with Gasteiger partial charge in [-0.05, 0) is 6.42 Å². The summed E-state index contributed by atoms with van der Waals surface area (Å²) in [7, 11) is 0. The second-order valence-electron chi connectivity index (χ2n) is 4.49. The van der Waals surface area contributed by atoms with Gasteiger partial charge in [-0.15, -0.1) is 0 Å². The highest BCUT2D eigenvalue weighted by Gasteiger charge is 2.26. The summed E-state index contributed by atoms with van der Waals surface area (Å²) in [6.07, 6.45) is -2.72. The first-order valence-electron chi connectivity index (χ1n) is 6.24. The molecule has 0 saturated carbocycles. The summed E-state index contributed by atoms with van der Waals surface area (Å²) in [5, 5.41) is 40.4. The fraction of sp³-hybridized carbons (Fsp3) is 0.385. The fourth-order valence-corrected chi connectivity index (χ4v) is 2.42. The van der Waals surface area contributed by atoms with Gasteiger partial charge in [-0.3, -0.25) is 19.7 Å². The lowest BCUT2D eigenvalue weighted by atomic mass is 9.98. The Morgan fingerprint density at radius 1 is 1.45 bits per heavy atom. The standard InChI is InChI=1S/C13H15NO7S/c1-7(16)22-3-2-11(17)13(19)10-5-9(14(20)21)4-8(6-15)12(10)18/h4-6,11,13,17-19H,2-3H2,1H3. The third-order valence-electron chi connectivity index (χ3n) is 2.89. The highest BCUT2D eigenvalue weighted by Crippen LogP contribution is 2.34. The molecule has 0 radical (unpaired) electrons. The van der Waals surface area contributed by atoms with Crippen LogP contribution in [0.25, 0.3) is 0 Å². The Labute approximate surface area is 129 Å². The number of rotatable bonds is 7. The van der Waals surface area contributed by atoms with Crippen molar-refractivity contribution >= 4 is 28.9 Å². The van der Waals surface area contributed by atoms with Crippen LogP contribution in [0.4, 0.5) is 5.69 Å². The van der Waals surface area contributed by atoms with Gasteiger partial charge in [0.2, 0.25) is 0 Å². The van der Waals surface area contributed by atoms with Crippen molar-refractivity contribution in [3.8, 4) is 5.75 Å². The van der Waals surface area contributed by atoms with Crippen LogP contribution in [0.5, 0.6) is 5.75 Å². The molecule has 0 aliphatic heterocycles. The molecule has 2 unspecified atom stereocenters. The number of hydrogen-bond donors (Lipinski definition) is 3. The Bertz CT molecular complexity index is 590. The molecular formula is C13H15NO7S. The molecule has 1 aromatic rings. The molecule has 0 aromatic heterocycles. The first kappa shape index (κ1) is 18.1. The Morgan fingerprint density at radius 2 is 2.09 bits per heavy atom. The number of hydrogen-bond acceptors (Lipinski definition) is 8. The maximum Gasteiger partial charge on any atom is 0.270 e. The molecule has 0 spiro atoms. The van der Waals surface area contributed by atoms with Crippen LogP contribution in [0.15, 0.2) is 12.1 Å². The molecule has 22 heavy (non-hydrogen) atoms. The van der Waals surface area contributed by atoms with E-state index in [-0.39, 0.29) is 34.7 Å². The molecule has 8 nitrogen and oxygen atoms in total. The Hall–Kier alpha value is -1.97. The van der Waals surface area contributed by atoms with Gasteiger partial charge in [0.15, 0.2) is 11.4 Å². The number of nitrogens with zero attached hydrogens (tertiary/aromatic N) is 1. The highest BCUT2D eigenvalue weighted by atomic mass is 32.2. The normalized spacial score (nSPS) is 13.4. The van der Waals surface area contributed by atoms with Gasteiger partial charge in [0.1, 0.15) is 11.9 Å². The summed E-state index contributed by atoms with van der Waals surface area (Å²) >= 11 is 0.955. The van der Waals surface area contributed by atoms with Gasteiger partial charge in [0, 0.05) is 30.4 Å². The zero-order chi connectivity index (χ0) is 16.9. The number of carbonyl (C=O) groups is 2. The molecule has 3 N–H and O–H groups in total. The lowest BCUT2D eigenvalue weighted by Crippen LogP contribution is -2.19. The van der Waals surface area contributed by atoms with Crippen molar-refractivity contribution in [3.63, 3.8) is 0 Å². The summed E-state index contributed by atoms with van der Waals surface area (Å²) in [6, 6.07) is 1.77. The molecule has 120 valence electrons. The average molecular weight is 329 g/mol. The van der Waals surface area contributed by atoms with Crippen LogP contribution in [0.1, 0.15) is 35.4 Å². The minimum absolute atomic E-state index is 0.0317. The number of aliphatic hydroxyl groups is 2. The number of carbonyl (C=O) groups excluding carboxylic acids is 2.